The predicted molar refractivity (Wildman–Crippen MR) is 108 cm³/mol. The highest BCUT2D eigenvalue weighted by atomic mass is 16.4. The second kappa shape index (κ2) is 7.81. The van der Waals surface area contributed by atoms with E-state index in [2.05, 4.69) is 10.6 Å². The van der Waals surface area contributed by atoms with Gasteiger partial charge in [-0.2, -0.15) is 0 Å². The Bertz CT molecular complexity index is 795. The predicted octanol–water partition coefficient (Wildman–Crippen LogP) is 2.98. The average Bonchev–Trinajstić information content (AvgIpc) is 2.92. The highest BCUT2D eigenvalue weighted by molar-refractivity contribution is 5.98. The second-order valence-corrected chi connectivity index (χ2v) is 9.36. The van der Waals surface area contributed by atoms with Gasteiger partial charge in [0.1, 0.15) is 12.1 Å². The fraction of sp³-hybridized carbons (Fsp3) is 0.609. The average molecular weight is 399 g/mol. The molecule has 0 heterocycles. The molecule has 0 radical (unpaired) electrons. The summed E-state index contributed by atoms with van der Waals surface area (Å²) in [4.78, 5) is 37.5. The Morgan fingerprint density at radius 1 is 1.07 bits per heavy atom. The van der Waals surface area contributed by atoms with E-state index in [0.29, 0.717) is 17.4 Å². The normalized spacial score (nSPS) is 32.1. The van der Waals surface area contributed by atoms with E-state index < -0.39 is 18.1 Å². The third-order valence-electron chi connectivity index (χ3n) is 7.47. The number of rotatable bonds is 6. The number of carbonyl (C=O) groups excluding carboxylic acids is 2. The molecule has 29 heavy (non-hydrogen) atoms. The minimum Gasteiger partial charge on any atom is -0.480 e. The highest BCUT2D eigenvalue weighted by Crippen LogP contribution is 2.60. The van der Waals surface area contributed by atoms with Gasteiger partial charge in [-0.1, -0.05) is 31.0 Å². The number of hydrogen-bond acceptors (Lipinski definition) is 3. The smallest absolute Gasteiger partial charge is 0.325 e. The Hall–Kier alpha value is -2.37. The Labute approximate surface area is 171 Å². The first-order valence-electron chi connectivity index (χ1n) is 10.8. The Balaban J connectivity index is 1.63. The first-order valence-corrected chi connectivity index (χ1v) is 10.8. The summed E-state index contributed by atoms with van der Waals surface area (Å²) in [6, 6.07) is 7.20. The maximum Gasteiger partial charge on any atom is 0.325 e. The molecular weight excluding hydrogens is 368 g/mol. The topological polar surface area (TPSA) is 95.5 Å². The van der Waals surface area contributed by atoms with Gasteiger partial charge >= 0.3 is 5.97 Å². The zero-order chi connectivity index (χ0) is 20.6. The van der Waals surface area contributed by atoms with E-state index in [1.807, 2.05) is 6.07 Å². The van der Waals surface area contributed by atoms with Crippen molar-refractivity contribution >= 4 is 17.8 Å². The molecule has 3 N–H and O–H groups in total. The Kier molecular flexibility index (Phi) is 5.36. The molecule has 156 valence electrons. The zero-order valence-corrected chi connectivity index (χ0v) is 16.9. The molecule has 4 unspecified atom stereocenters. The maximum absolute atomic E-state index is 13.3. The van der Waals surface area contributed by atoms with Crippen LogP contribution in [-0.4, -0.2) is 35.0 Å². The first-order chi connectivity index (χ1) is 13.9. The van der Waals surface area contributed by atoms with Crippen molar-refractivity contribution in [3.05, 3.63) is 35.9 Å². The number of amides is 2. The van der Waals surface area contributed by atoms with Gasteiger partial charge in [0.2, 0.25) is 5.91 Å². The Morgan fingerprint density at radius 3 is 2.52 bits per heavy atom. The molecule has 6 heteroatoms. The molecular formula is C23H30N2O4. The lowest BCUT2D eigenvalue weighted by atomic mass is 9.63. The van der Waals surface area contributed by atoms with Gasteiger partial charge in [-0.05, 0) is 68.9 Å². The van der Waals surface area contributed by atoms with Crippen molar-refractivity contribution in [3.8, 4) is 0 Å². The van der Waals surface area contributed by atoms with Crippen molar-refractivity contribution in [1.82, 2.24) is 10.6 Å². The molecule has 3 aliphatic rings. The number of carboxylic acids is 1. The van der Waals surface area contributed by atoms with Crippen LogP contribution in [0.1, 0.15) is 62.2 Å². The van der Waals surface area contributed by atoms with E-state index in [1.165, 1.54) is 26.2 Å². The van der Waals surface area contributed by atoms with Crippen molar-refractivity contribution in [2.45, 2.75) is 64.0 Å². The summed E-state index contributed by atoms with van der Waals surface area (Å²) >= 11 is 0. The number of fused-ring (bicyclic) bond motifs is 2. The monoisotopic (exact) mass is 398 g/mol. The summed E-state index contributed by atoms with van der Waals surface area (Å²) in [5, 5.41) is 14.9. The fourth-order valence-corrected chi connectivity index (χ4v) is 6.25. The van der Waals surface area contributed by atoms with Crippen molar-refractivity contribution in [1.29, 1.82) is 0 Å². The van der Waals surface area contributed by atoms with Gasteiger partial charge in [0.15, 0.2) is 0 Å². The quantitative estimate of drug-likeness (QED) is 0.686. The van der Waals surface area contributed by atoms with Crippen molar-refractivity contribution < 1.29 is 19.5 Å². The van der Waals surface area contributed by atoms with Crippen LogP contribution in [0.2, 0.25) is 0 Å². The summed E-state index contributed by atoms with van der Waals surface area (Å²) in [5.74, 6) is 0.257. The van der Waals surface area contributed by atoms with Crippen LogP contribution in [0.25, 0.3) is 0 Å². The highest BCUT2D eigenvalue weighted by Gasteiger charge is 2.55. The third kappa shape index (κ3) is 3.89. The summed E-state index contributed by atoms with van der Waals surface area (Å²) in [6.07, 6.45) is 7.53. The molecule has 0 saturated heterocycles. The van der Waals surface area contributed by atoms with Crippen LogP contribution >= 0.6 is 0 Å². The molecule has 3 saturated carbocycles. The Morgan fingerprint density at radius 2 is 1.79 bits per heavy atom. The first kappa shape index (κ1) is 19.9. The number of carbonyl (C=O) groups is 3. The van der Waals surface area contributed by atoms with E-state index in [9.17, 15) is 19.5 Å². The lowest BCUT2D eigenvalue weighted by Crippen LogP contribution is -2.59. The molecule has 1 aromatic rings. The molecule has 3 bridgehead atoms. The van der Waals surface area contributed by atoms with Gasteiger partial charge in [-0.3, -0.25) is 14.4 Å². The molecule has 6 nitrogen and oxygen atoms in total. The van der Waals surface area contributed by atoms with Crippen molar-refractivity contribution in [3.63, 3.8) is 0 Å². The number of benzene rings is 1. The molecule has 0 aromatic heterocycles. The number of nitrogens with one attached hydrogen (secondary N) is 2. The lowest BCUT2D eigenvalue weighted by molar-refractivity contribution is -0.142. The lowest BCUT2D eigenvalue weighted by Gasteiger charge is -2.45. The van der Waals surface area contributed by atoms with Gasteiger partial charge < -0.3 is 15.7 Å². The van der Waals surface area contributed by atoms with E-state index in [1.54, 1.807) is 24.3 Å². The van der Waals surface area contributed by atoms with Crippen molar-refractivity contribution in [2.24, 2.45) is 23.2 Å². The van der Waals surface area contributed by atoms with E-state index in [-0.39, 0.29) is 17.2 Å². The number of aliphatic carboxylic acids is 1. The third-order valence-corrected chi connectivity index (χ3v) is 7.47. The molecule has 0 aliphatic heterocycles. The van der Waals surface area contributed by atoms with Crippen LogP contribution < -0.4 is 10.6 Å². The van der Waals surface area contributed by atoms with Crippen LogP contribution in [-0.2, 0) is 9.59 Å². The van der Waals surface area contributed by atoms with E-state index >= 15 is 0 Å². The summed E-state index contributed by atoms with van der Waals surface area (Å²) in [5.41, 5.74) is 0.226. The summed E-state index contributed by atoms with van der Waals surface area (Å²) < 4.78 is 0. The van der Waals surface area contributed by atoms with Crippen LogP contribution in [0.4, 0.5) is 0 Å². The summed E-state index contributed by atoms with van der Waals surface area (Å²) in [6.45, 7) is 1.46. The van der Waals surface area contributed by atoms with Gasteiger partial charge in [0, 0.05) is 11.0 Å². The SMILES string of the molecule is C[C@H](NC(=O)[C@@H](NC(=O)c1ccccc1)C12CCCC3CC(CC3C1)C2)C(=O)O. The second-order valence-electron chi connectivity index (χ2n) is 9.36. The largest absolute Gasteiger partial charge is 0.480 e. The molecule has 3 fully saturated rings. The number of hydrogen-bond donors (Lipinski definition) is 3. The maximum atomic E-state index is 13.3. The zero-order valence-electron chi connectivity index (χ0n) is 16.9. The van der Waals surface area contributed by atoms with Crippen LogP contribution in [0, 0.1) is 23.2 Å². The minimum atomic E-state index is -1.08. The standard InChI is InChI=1S/C23H30N2O4/c1-14(22(28)29)24-21(27)19(25-20(26)16-6-3-2-4-7-16)23-9-5-8-17-10-15(12-23)11-18(17)13-23/h2-4,6-7,14-15,17-19H,5,8-13H2,1H3,(H,24,27)(H,25,26)(H,28,29)/t14-,15?,17?,18?,19+,23?/m0/s1. The molecule has 0 spiro atoms. The van der Waals surface area contributed by atoms with Crippen molar-refractivity contribution in [2.75, 3.05) is 0 Å². The molecule has 1 aromatic carbocycles. The molecule has 6 atom stereocenters. The summed E-state index contributed by atoms with van der Waals surface area (Å²) in [7, 11) is 0. The fourth-order valence-electron chi connectivity index (χ4n) is 6.25. The van der Waals surface area contributed by atoms with Crippen LogP contribution in [0.3, 0.4) is 0 Å². The number of carboxylic acid groups (broad SMARTS) is 1. The van der Waals surface area contributed by atoms with Gasteiger partial charge in [-0.15, -0.1) is 0 Å². The van der Waals surface area contributed by atoms with Crippen LogP contribution in [0.5, 0.6) is 0 Å². The van der Waals surface area contributed by atoms with E-state index in [0.717, 1.165) is 31.6 Å². The molecule has 4 rings (SSSR count). The minimum absolute atomic E-state index is 0.276. The van der Waals surface area contributed by atoms with Gasteiger partial charge in [0.25, 0.3) is 5.91 Å². The molecule has 2 amide bonds. The van der Waals surface area contributed by atoms with Gasteiger partial charge in [0.05, 0.1) is 0 Å². The van der Waals surface area contributed by atoms with E-state index in [4.69, 9.17) is 0 Å². The van der Waals surface area contributed by atoms with Gasteiger partial charge in [-0.25, -0.2) is 0 Å². The van der Waals surface area contributed by atoms with Crippen LogP contribution in [0.15, 0.2) is 30.3 Å². The molecule has 3 aliphatic carbocycles.